The molecule has 126 valence electrons. The minimum Gasteiger partial charge on any atom is -0.493 e. The molecule has 0 radical (unpaired) electrons. The standard InChI is InChI=1S/C20H17BrN2O2/c1-2-25-19-11-10-14(12-18(19)21)13-22-23-20(24)17-9-5-7-15-6-3-4-8-16(15)17/h3-13H,2H2,1H3,(H,23,24)/b22-13-. The lowest BCUT2D eigenvalue weighted by Gasteiger charge is -2.06. The van der Waals surface area contributed by atoms with Crippen LogP contribution in [0.3, 0.4) is 0 Å². The first kappa shape index (κ1) is 17.2. The van der Waals surface area contributed by atoms with Gasteiger partial charge in [0, 0.05) is 5.56 Å². The maximum Gasteiger partial charge on any atom is 0.271 e. The Morgan fingerprint density at radius 2 is 1.96 bits per heavy atom. The van der Waals surface area contributed by atoms with Gasteiger partial charge in [-0.25, -0.2) is 5.43 Å². The monoisotopic (exact) mass is 396 g/mol. The number of hydrazone groups is 1. The lowest BCUT2D eigenvalue weighted by atomic mass is 10.0. The van der Waals surface area contributed by atoms with Crippen LogP contribution in [-0.4, -0.2) is 18.7 Å². The summed E-state index contributed by atoms with van der Waals surface area (Å²) in [6.45, 7) is 2.54. The quantitative estimate of drug-likeness (QED) is 0.498. The molecule has 0 spiro atoms. The summed E-state index contributed by atoms with van der Waals surface area (Å²) in [5.74, 6) is 0.539. The summed E-state index contributed by atoms with van der Waals surface area (Å²) in [4.78, 5) is 12.4. The summed E-state index contributed by atoms with van der Waals surface area (Å²) in [5.41, 5.74) is 4.04. The zero-order valence-corrected chi connectivity index (χ0v) is 15.3. The highest BCUT2D eigenvalue weighted by molar-refractivity contribution is 9.10. The van der Waals surface area contributed by atoms with Gasteiger partial charge in [0.1, 0.15) is 5.75 Å². The van der Waals surface area contributed by atoms with E-state index in [0.29, 0.717) is 12.2 Å². The van der Waals surface area contributed by atoms with Crippen LogP contribution in [0.15, 0.2) is 70.2 Å². The number of rotatable bonds is 5. The minimum absolute atomic E-state index is 0.238. The topological polar surface area (TPSA) is 50.7 Å². The number of ether oxygens (including phenoxy) is 1. The van der Waals surface area contributed by atoms with Gasteiger partial charge >= 0.3 is 0 Å². The zero-order valence-electron chi connectivity index (χ0n) is 13.7. The molecule has 4 nitrogen and oxygen atoms in total. The third-order valence-electron chi connectivity index (χ3n) is 3.67. The molecular weight excluding hydrogens is 380 g/mol. The van der Waals surface area contributed by atoms with E-state index in [1.54, 1.807) is 12.3 Å². The molecule has 0 aliphatic rings. The Kier molecular flexibility index (Phi) is 5.46. The van der Waals surface area contributed by atoms with Crippen molar-refractivity contribution in [2.24, 2.45) is 5.10 Å². The second-order valence-electron chi connectivity index (χ2n) is 5.35. The number of nitrogens with one attached hydrogen (secondary N) is 1. The molecule has 0 bridgehead atoms. The number of hydrogen-bond acceptors (Lipinski definition) is 3. The highest BCUT2D eigenvalue weighted by atomic mass is 79.9. The van der Waals surface area contributed by atoms with Gasteiger partial charge in [0.05, 0.1) is 17.3 Å². The summed E-state index contributed by atoms with van der Waals surface area (Å²) >= 11 is 3.46. The number of amides is 1. The van der Waals surface area contributed by atoms with Crippen molar-refractivity contribution in [2.75, 3.05) is 6.61 Å². The van der Waals surface area contributed by atoms with Crippen LogP contribution in [0.5, 0.6) is 5.75 Å². The molecule has 3 rings (SSSR count). The Morgan fingerprint density at radius 3 is 2.76 bits per heavy atom. The molecule has 0 saturated carbocycles. The van der Waals surface area contributed by atoms with Gasteiger partial charge in [-0.2, -0.15) is 5.10 Å². The first-order chi connectivity index (χ1) is 12.2. The Labute approximate surface area is 154 Å². The predicted molar refractivity (Wildman–Crippen MR) is 104 cm³/mol. The van der Waals surface area contributed by atoms with Crippen molar-refractivity contribution in [1.29, 1.82) is 0 Å². The molecule has 3 aromatic rings. The third-order valence-corrected chi connectivity index (χ3v) is 4.29. The number of benzene rings is 3. The average Bonchev–Trinajstić information content (AvgIpc) is 2.63. The van der Waals surface area contributed by atoms with E-state index in [9.17, 15) is 4.79 Å². The second-order valence-corrected chi connectivity index (χ2v) is 6.20. The number of carbonyl (C=O) groups is 1. The second kappa shape index (κ2) is 7.94. The van der Waals surface area contributed by atoms with Crippen LogP contribution in [0.1, 0.15) is 22.8 Å². The molecular formula is C20H17BrN2O2. The van der Waals surface area contributed by atoms with Gasteiger partial charge in [-0.15, -0.1) is 0 Å². The van der Waals surface area contributed by atoms with E-state index in [2.05, 4.69) is 26.5 Å². The molecule has 0 unspecified atom stereocenters. The molecule has 0 aliphatic carbocycles. The Bertz CT molecular complexity index is 933. The van der Waals surface area contributed by atoms with Gasteiger partial charge in [0.15, 0.2) is 0 Å². The first-order valence-electron chi connectivity index (χ1n) is 7.92. The summed E-state index contributed by atoms with van der Waals surface area (Å²) in [6, 6.07) is 19.0. The van der Waals surface area contributed by atoms with E-state index in [0.717, 1.165) is 26.6 Å². The van der Waals surface area contributed by atoms with Gasteiger partial charge in [0.2, 0.25) is 0 Å². The van der Waals surface area contributed by atoms with Crippen LogP contribution in [0, 0.1) is 0 Å². The molecule has 0 saturated heterocycles. The number of carbonyl (C=O) groups excluding carboxylic acids is 1. The van der Waals surface area contributed by atoms with Gasteiger partial charge in [-0.05, 0) is 63.5 Å². The van der Waals surface area contributed by atoms with Crippen LogP contribution in [-0.2, 0) is 0 Å². The highest BCUT2D eigenvalue weighted by Gasteiger charge is 2.08. The van der Waals surface area contributed by atoms with E-state index in [4.69, 9.17) is 4.74 Å². The molecule has 0 aliphatic heterocycles. The summed E-state index contributed by atoms with van der Waals surface area (Å²) < 4.78 is 6.32. The molecule has 25 heavy (non-hydrogen) atoms. The lowest BCUT2D eigenvalue weighted by molar-refractivity contribution is 0.0957. The van der Waals surface area contributed by atoms with Gasteiger partial charge in [-0.1, -0.05) is 36.4 Å². The maximum atomic E-state index is 12.4. The van der Waals surface area contributed by atoms with Gasteiger partial charge in [0.25, 0.3) is 5.91 Å². The van der Waals surface area contributed by atoms with E-state index in [1.165, 1.54) is 0 Å². The summed E-state index contributed by atoms with van der Waals surface area (Å²) in [5, 5.41) is 5.98. The van der Waals surface area contributed by atoms with Crippen LogP contribution in [0.25, 0.3) is 10.8 Å². The van der Waals surface area contributed by atoms with Crippen molar-refractivity contribution in [1.82, 2.24) is 5.43 Å². The largest absolute Gasteiger partial charge is 0.493 e. The molecule has 1 N–H and O–H groups in total. The van der Waals surface area contributed by atoms with E-state index in [1.807, 2.05) is 61.5 Å². The Morgan fingerprint density at radius 1 is 1.16 bits per heavy atom. The Balaban J connectivity index is 1.73. The zero-order chi connectivity index (χ0) is 17.6. The number of halogens is 1. The normalized spacial score (nSPS) is 11.0. The van der Waals surface area contributed by atoms with Gasteiger partial charge < -0.3 is 4.74 Å². The first-order valence-corrected chi connectivity index (χ1v) is 8.72. The van der Waals surface area contributed by atoms with Crippen LogP contribution < -0.4 is 10.2 Å². The van der Waals surface area contributed by atoms with Crippen molar-refractivity contribution in [3.8, 4) is 5.75 Å². The molecule has 0 atom stereocenters. The highest BCUT2D eigenvalue weighted by Crippen LogP contribution is 2.25. The number of nitrogens with zero attached hydrogens (tertiary/aromatic N) is 1. The minimum atomic E-state index is -0.238. The van der Waals surface area contributed by atoms with Crippen LogP contribution in [0.4, 0.5) is 0 Å². The lowest BCUT2D eigenvalue weighted by Crippen LogP contribution is -2.17. The third kappa shape index (κ3) is 4.06. The van der Waals surface area contributed by atoms with Crippen molar-refractivity contribution < 1.29 is 9.53 Å². The van der Waals surface area contributed by atoms with E-state index >= 15 is 0 Å². The fourth-order valence-corrected chi connectivity index (χ4v) is 3.03. The fraction of sp³-hybridized carbons (Fsp3) is 0.100. The Hall–Kier alpha value is -2.66. The summed E-state index contributed by atoms with van der Waals surface area (Å²) in [6.07, 6.45) is 1.60. The van der Waals surface area contributed by atoms with Crippen molar-refractivity contribution in [2.45, 2.75) is 6.92 Å². The molecule has 3 aromatic carbocycles. The number of fused-ring (bicyclic) bond motifs is 1. The fourth-order valence-electron chi connectivity index (χ4n) is 2.52. The SMILES string of the molecule is CCOc1ccc(/C=N\NC(=O)c2cccc3ccccc23)cc1Br. The molecule has 0 heterocycles. The average molecular weight is 397 g/mol. The van der Waals surface area contributed by atoms with Crippen LogP contribution in [0.2, 0.25) is 0 Å². The molecule has 0 fully saturated rings. The molecule has 5 heteroatoms. The van der Waals surface area contributed by atoms with Crippen molar-refractivity contribution in [3.63, 3.8) is 0 Å². The predicted octanol–water partition coefficient (Wildman–Crippen LogP) is 4.76. The van der Waals surface area contributed by atoms with Crippen molar-refractivity contribution >= 4 is 38.8 Å². The van der Waals surface area contributed by atoms with E-state index in [-0.39, 0.29) is 5.91 Å². The summed E-state index contributed by atoms with van der Waals surface area (Å²) in [7, 11) is 0. The van der Waals surface area contributed by atoms with Crippen molar-refractivity contribution in [3.05, 3.63) is 76.3 Å². The van der Waals surface area contributed by atoms with Crippen LogP contribution >= 0.6 is 15.9 Å². The molecule has 1 amide bonds. The molecule has 0 aromatic heterocycles. The maximum absolute atomic E-state index is 12.4. The van der Waals surface area contributed by atoms with Gasteiger partial charge in [-0.3, -0.25) is 4.79 Å². The smallest absolute Gasteiger partial charge is 0.271 e. The van der Waals surface area contributed by atoms with E-state index < -0.39 is 0 Å². The number of hydrogen-bond donors (Lipinski definition) is 1.